The highest BCUT2D eigenvalue weighted by atomic mass is 35.5. The molecule has 1 heterocycles. The zero-order valence-electron chi connectivity index (χ0n) is 10.2. The summed E-state index contributed by atoms with van der Waals surface area (Å²) in [5.74, 6) is 0.528. The maximum atomic E-state index is 8.58. The number of rotatable bonds is 4. The van der Waals surface area contributed by atoms with E-state index in [1.807, 2.05) is 13.2 Å². The third-order valence-electron chi connectivity index (χ3n) is 2.49. The molecule has 1 aromatic heterocycles. The van der Waals surface area contributed by atoms with Gasteiger partial charge in [0.25, 0.3) is 0 Å². The molecule has 2 aromatic rings. The van der Waals surface area contributed by atoms with Crippen molar-refractivity contribution in [2.75, 3.05) is 0 Å². The van der Waals surface area contributed by atoms with E-state index < -0.39 is 0 Å². The molecule has 0 atom stereocenters. The van der Waals surface area contributed by atoms with E-state index in [4.69, 9.17) is 27.3 Å². The fraction of sp³-hybridized carbons (Fsp3) is 0.167. The molecule has 0 fully saturated rings. The summed E-state index contributed by atoms with van der Waals surface area (Å²) in [4.78, 5) is 0. The average molecular weight is 281 g/mol. The molecule has 0 saturated carbocycles. The molecule has 0 unspecified atom stereocenters. The summed E-state index contributed by atoms with van der Waals surface area (Å²) in [5, 5.41) is 15.9. The lowest BCUT2D eigenvalue weighted by atomic mass is 10.2. The molecule has 0 aliphatic heterocycles. The number of nitrogens with two attached hydrogens (primary N) is 1. The fourth-order valence-electron chi connectivity index (χ4n) is 1.54. The van der Waals surface area contributed by atoms with E-state index in [-0.39, 0.29) is 5.84 Å². The molecule has 19 heavy (non-hydrogen) atoms. The van der Waals surface area contributed by atoms with Crippen molar-refractivity contribution >= 4 is 17.4 Å². The van der Waals surface area contributed by atoms with Crippen LogP contribution in [0.2, 0.25) is 5.02 Å². The summed E-state index contributed by atoms with van der Waals surface area (Å²) in [7, 11) is 1.84. The summed E-state index contributed by atoms with van der Waals surface area (Å²) >= 11 is 6.06. The number of aryl methyl sites for hydroxylation is 1. The van der Waals surface area contributed by atoms with Crippen molar-refractivity contribution < 1.29 is 9.94 Å². The number of halogens is 1. The Morgan fingerprint density at radius 2 is 2.37 bits per heavy atom. The van der Waals surface area contributed by atoms with E-state index in [1.165, 1.54) is 0 Å². The average Bonchev–Trinajstić information content (AvgIpc) is 2.82. The van der Waals surface area contributed by atoms with Gasteiger partial charge in [-0.2, -0.15) is 5.10 Å². The molecule has 7 heteroatoms. The SMILES string of the molecule is Cn1cc(COc2ccc(C(N)=NO)cc2Cl)cn1. The number of amidine groups is 1. The Morgan fingerprint density at radius 3 is 2.95 bits per heavy atom. The zero-order valence-corrected chi connectivity index (χ0v) is 11.0. The van der Waals surface area contributed by atoms with Crippen LogP contribution in [0.5, 0.6) is 5.75 Å². The van der Waals surface area contributed by atoms with E-state index >= 15 is 0 Å². The summed E-state index contributed by atoms with van der Waals surface area (Å²) in [6.45, 7) is 0.372. The molecule has 100 valence electrons. The molecule has 0 saturated heterocycles. The number of aromatic nitrogens is 2. The van der Waals surface area contributed by atoms with Crippen molar-refractivity contribution in [2.24, 2.45) is 17.9 Å². The second-order valence-corrected chi connectivity index (χ2v) is 4.35. The molecule has 1 aromatic carbocycles. The minimum atomic E-state index is 0.000657. The number of hydrogen-bond acceptors (Lipinski definition) is 4. The van der Waals surface area contributed by atoms with Gasteiger partial charge in [0.2, 0.25) is 0 Å². The van der Waals surface area contributed by atoms with Gasteiger partial charge in [0.1, 0.15) is 12.4 Å². The van der Waals surface area contributed by atoms with Gasteiger partial charge in [-0.15, -0.1) is 0 Å². The number of oxime groups is 1. The molecule has 0 bridgehead atoms. The Bertz CT molecular complexity index is 610. The lowest BCUT2D eigenvalue weighted by molar-refractivity contribution is 0.306. The van der Waals surface area contributed by atoms with Crippen LogP contribution in [-0.4, -0.2) is 20.8 Å². The minimum absolute atomic E-state index is 0.000657. The van der Waals surface area contributed by atoms with E-state index in [0.29, 0.717) is 22.9 Å². The maximum absolute atomic E-state index is 8.58. The van der Waals surface area contributed by atoms with Crippen LogP contribution in [0.15, 0.2) is 35.7 Å². The van der Waals surface area contributed by atoms with Gasteiger partial charge < -0.3 is 15.7 Å². The normalized spacial score (nSPS) is 11.6. The Balaban J connectivity index is 2.09. The van der Waals surface area contributed by atoms with Crippen molar-refractivity contribution in [3.05, 3.63) is 46.7 Å². The predicted molar refractivity (Wildman–Crippen MR) is 71.5 cm³/mol. The molecule has 0 amide bonds. The first kappa shape index (κ1) is 13.2. The first-order valence-corrected chi connectivity index (χ1v) is 5.85. The Labute approximate surface area is 115 Å². The molecule has 0 spiro atoms. The molecular formula is C12H13ClN4O2. The van der Waals surface area contributed by atoms with Gasteiger partial charge in [0.15, 0.2) is 5.84 Å². The third kappa shape index (κ3) is 3.17. The van der Waals surface area contributed by atoms with E-state index in [1.54, 1.807) is 29.1 Å². The van der Waals surface area contributed by atoms with Crippen LogP contribution in [0.25, 0.3) is 0 Å². The van der Waals surface area contributed by atoms with Crippen molar-refractivity contribution in [1.82, 2.24) is 9.78 Å². The molecule has 2 rings (SSSR count). The van der Waals surface area contributed by atoms with Crippen LogP contribution in [-0.2, 0) is 13.7 Å². The number of benzene rings is 1. The van der Waals surface area contributed by atoms with Crippen molar-refractivity contribution in [3.8, 4) is 5.75 Å². The van der Waals surface area contributed by atoms with Gasteiger partial charge in [0.05, 0.1) is 11.2 Å². The summed E-state index contributed by atoms with van der Waals surface area (Å²) in [5.41, 5.74) is 6.94. The maximum Gasteiger partial charge on any atom is 0.170 e. The first-order valence-electron chi connectivity index (χ1n) is 5.48. The Morgan fingerprint density at radius 1 is 1.58 bits per heavy atom. The van der Waals surface area contributed by atoms with Gasteiger partial charge in [-0.05, 0) is 18.2 Å². The van der Waals surface area contributed by atoms with Gasteiger partial charge >= 0.3 is 0 Å². The van der Waals surface area contributed by atoms with E-state index in [9.17, 15) is 0 Å². The fourth-order valence-corrected chi connectivity index (χ4v) is 1.78. The van der Waals surface area contributed by atoms with Crippen molar-refractivity contribution in [3.63, 3.8) is 0 Å². The highest BCUT2D eigenvalue weighted by Gasteiger charge is 2.07. The largest absolute Gasteiger partial charge is 0.487 e. The van der Waals surface area contributed by atoms with Crippen LogP contribution >= 0.6 is 11.6 Å². The third-order valence-corrected chi connectivity index (χ3v) is 2.78. The quantitative estimate of drug-likeness (QED) is 0.387. The first-order chi connectivity index (χ1) is 9.10. The Hall–Kier alpha value is -2.21. The van der Waals surface area contributed by atoms with Crippen LogP contribution in [0.3, 0.4) is 0 Å². The van der Waals surface area contributed by atoms with Crippen LogP contribution < -0.4 is 10.5 Å². The molecule has 0 aliphatic rings. The monoisotopic (exact) mass is 280 g/mol. The van der Waals surface area contributed by atoms with E-state index in [0.717, 1.165) is 5.56 Å². The van der Waals surface area contributed by atoms with Crippen LogP contribution in [0.4, 0.5) is 0 Å². The smallest absolute Gasteiger partial charge is 0.170 e. The summed E-state index contributed by atoms with van der Waals surface area (Å²) < 4.78 is 7.27. The topological polar surface area (TPSA) is 85.7 Å². The second-order valence-electron chi connectivity index (χ2n) is 3.94. The number of ether oxygens (including phenoxy) is 1. The van der Waals surface area contributed by atoms with E-state index in [2.05, 4.69) is 10.3 Å². The van der Waals surface area contributed by atoms with Gasteiger partial charge in [-0.3, -0.25) is 4.68 Å². The molecule has 0 aliphatic carbocycles. The van der Waals surface area contributed by atoms with Crippen LogP contribution in [0.1, 0.15) is 11.1 Å². The predicted octanol–water partition coefficient (Wildman–Crippen LogP) is 1.75. The minimum Gasteiger partial charge on any atom is -0.487 e. The highest BCUT2D eigenvalue weighted by molar-refractivity contribution is 6.32. The van der Waals surface area contributed by atoms with Crippen molar-refractivity contribution in [2.45, 2.75) is 6.61 Å². The lowest BCUT2D eigenvalue weighted by Crippen LogP contribution is -2.12. The highest BCUT2D eigenvalue weighted by Crippen LogP contribution is 2.26. The van der Waals surface area contributed by atoms with Gasteiger partial charge in [-0.25, -0.2) is 0 Å². The summed E-state index contributed by atoms with van der Waals surface area (Å²) in [6, 6.07) is 4.92. The number of hydrogen-bond donors (Lipinski definition) is 2. The molecule has 0 radical (unpaired) electrons. The standard InChI is InChI=1S/C12H13ClN4O2/c1-17-6-8(5-15-17)7-19-11-3-2-9(4-10(11)13)12(14)16-18/h2-6,18H,7H2,1H3,(H2,14,16). The van der Waals surface area contributed by atoms with Gasteiger partial charge in [-0.1, -0.05) is 16.8 Å². The molecule has 6 nitrogen and oxygen atoms in total. The molecular weight excluding hydrogens is 268 g/mol. The Kier molecular flexibility index (Phi) is 3.91. The molecule has 3 N–H and O–H groups in total. The van der Waals surface area contributed by atoms with Gasteiger partial charge in [0, 0.05) is 24.4 Å². The zero-order chi connectivity index (χ0) is 13.8. The summed E-state index contributed by atoms with van der Waals surface area (Å²) in [6.07, 6.45) is 3.58. The van der Waals surface area contributed by atoms with Crippen molar-refractivity contribution in [1.29, 1.82) is 0 Å². The lowest BCUT2D eigenvalue weighted by Gasteiger charge is -2.08. The number of nitrogens with zero attached hydrogens (tertiary/aromatic N) is 3. The van der Waals surface area contributed by atoms with Crippen LogP contribution in [0, 0.1) is 0 Å². The second kappa shape index (κ2) is 5.62.